The summed E-state index contributed by atoms with van der Waals surface area (Å²) in [6.07, 6.45) is 10.1. The predicted molar refractivity (Wildman–Crippen MR) is 134 cm³/mol. The van der Waals surface area contributed by atoms with E-state index in [4.69, 9.17) is 0 Å². The van der Waals surface area contributed by atoms with Gasteiger partial charge in [-0.05, 0) is 97.9 Å². The fourth-order valence-electron chi connectivity index (χ4n) is 10.9. The van der Waals surface area contributed by atoms with Crippen molar-refractivity contribution in [2.75, 3.05) is 6.61 Å². The van der Waals surface area contributed by atoms with Crippen molar-refractivity contribution in [1.82, 2.24) is 0 Å². The summed E-state index contributed by atoms with van der Waals surface area (Å²) in [5, 5.41) is 32.1. The van der Waals surface area contributed by atoms with Crippen LogP contribution in [-0.4, -0.2) is 39.9 Å². The highest BCUT2D eigenvalue weighted by Crippen LogP contribution is 2.70. The van der Waals surface area contributed by atoms with Crippen LogP contribution in [0.3, 0.4) is 0 Å². The van der Waals surface area contributed by atoms with Gasteiger partial charge in [-0.3, -0.25) is 4.79 Å². The molecule has 5 rings (SSSR count). The lowest BCUT2D eigenvalue weighted by Crippen LogP contribution is -2.60. The molecule has 0 spiro atoms. The second-order valence-electron chi connectivity index (χ2n) is 14.8. The van der Waals surface area contributed by atoms with E-state index in [1.54, 1.807) is 0 Å². The van der Waals surface area contributed by atoms with E-state index in [0.29, 0.717) is 17.8 Å². The Balaban J connectivity index is 1.54. The smallest absolute Gasteiger partial charge is 0.159 e. The third-order valence-corrected chi connectivity index (χ3v) is 12.7. The molecule has 192 valence electrons. The number of ketones is 1. The van der Waals surface area contributed by atoms with Crippen molar-refractivity contribution in [2.24, 2.45) is 50.7 Å². The molecule has 0 heterocycles. The van der Waals surface area contributed by atoms with Crippen LogP contribution in [0.2, 0.25) is 0 Å². The molecule has 0 aliphatic heterocycles. The van der Waals surface area contributed by atoms with Gasteiger partial charge in [-0.25, -0.2) is 0 Å². The van der Waals surface area contributed by atoms with E-state index >= 15 is 0 Å². The number of aliphatic hydroxyl groups is 3. The van der Waals surface area contributed by atoms with Crippen molar-refractivity contribution >= 4 is 5.78 Å². The van der Waals surface area contributed by atoms with Crippen LogP contribution >= 0.6 is 0 Å². The number of fused-ring (bicyclic) bond motifs is 6. The summed E-state index contributed by atoms with van der Waals surface area (Å²) in [7, 11) is 0. The Kier molecular flexibility index (Phi) is 5.62. The molecule has 4 nitrogen and oxygen atoms in total. The van der Waals surface area contributed by atoms with Crippen molar-refractivity contribution in [1.29, 1.82) is 0 Å². The zero-order chi connectivity index (χ0) is 24.9. The molecule has 0 saturated heterocycles. The number of hydrogen-bond acceptors (Lipinski definition) is 4. The Bertz CT molecular complexity index is 892. The van der Waals surface area contributed by atoms with Gasteiger partial charge in [-0.15, -0.1) is 0 Å². The summed E-state index contributed by atoms with van der Waals surface area (Å²) in [4.78, 5) is 13.6. The molecule has 0 aromatic heterocycles. The zero-order valence-electron chi connectivity index (χ0n) is 22.4. The lowest BCUT2D eigenvalue weighted by Gasteiger charge is -2.64. The van der Waals surface area contributed by atoms with Gasteiger partial charge in [-0.1, -0.05) is 47.1 Å². The van der Waals surface area contributed by atoms with Gasteiger partial charge in [0.25, 0.3) is 0 Å². The molecule has 10 atom stereocenters. The van der Waals surface area contributed by atoms with E-state index in [0.717, 1.165) is 57.8 Å². The summed E-state index contributed by atoms with van der Waals surface area (Å²) in [6.45, 7) is 13.6. The molecule has 0 amide bonds. The van der Waals surface area contributed by atoms with Crippen molar-refractivity contribution in [3.63, 3.8) is 0 Å². The Morgan fingerprint density at radius 1 is 0.824 bits per heavy atom. The molecule has 5 aliphatic rings. The Labute approximate surface area is 206 Å². The molecule has 4 saturated carbocycles. The van der Waals surface area contributed by atoms with E-state index in [9.17, 15) is 20.1 Å². The van der Waals surface area contributed by atoms with Crippen LogP contribution in [0, 0.1) is 50.7 Å². The van der Waals surface area contributed by atoms with Gasteiger partial charge in [-0.2, -0.15) is 0 Å². The van der Waals surface area contributed by atoms with Gasteiger partial charge in [0, 0.05) is 16.7 Å². The van der Waals surface area contributed by atoms with E-state index in [1.807, 2.05) is 6.08 Å². The van der Waals surface area contributed by atoms with Gasteiger partial charge < -0.3 is 15.3 Å². The van der Waals surface area contributed by atoms with E-state index < -0.39 is 23.0 Å². The lowest BCUT2D eigenvalue weighted by molar-refractivity contribution is -0.189. The topological polar surface area (TPSA) is 77.8 Å². The van der Waals surface area contributed by atoms with Crippen molar-refractivity contribution in [3.8, 4) is 0 Å². The first kappa shape index (κ1) is 25.0. The fraction of sp³-hybridized carbons (Fsp3) is 0.900. The number of allylic oxidation sites excluding steroid dienone is 2. The number of carbonyl (C=O) groups is 1. The second kappa shape index (κ2) is 7.65. The summed E-state index contributed by atoms with van der Waals surface area (Å²) in [6, 6.07) is 0. The van der Waals surface area contributed by atoms with Crippen molar-refractivity contribution in [2.45, 2.75) is 112 Å². The third kappa shape index (κ3) is 3.10. The SMILES string of the molecule is CC1(C)[C@@H](O)CC[C@]2(C)[C@H]3CC[C@H]4[C@@](C)(CC[C@@H]5[C@]4(C)CC[C@H](O)[C@]5(C)CO)CC3=CC(=O)[C@@H]12. The van der Waals surface area contributed by atoms with Gasteiger partial charge in [0.1, 0.15) is 0 Å². The molecule has 0 aromatic carbocycles. The number of carbonyl (C=O) groups excluding carboxylic acids is 1. The van der Waals surface area contributed by atoms with Gasteiger partial charge >= 0.3 is 0 Å². The quantitative estimate of drug-likeness (QED) is 0.484. The van der Waals surface area contributed by atoms with E-state index in [1.165, 1.54) is 5.57 Å². The summed E-state index contributed by atoms with van der Waals surface area (Å²) < 4.78 is 0. The fourth-order valence-corrected chi connectivity index (χ4v) is 10.9. The Morgan fingerprint density at radius 2 is 1.47 bits per heavy atom. The van der Waals surface area contributed by atoms with Gasteiger partial charge in [0.05, 0.1) is 18.8 Å². The molecular formula is C30H48O4. The average Bonchev–Trinajstić information content (AvgIpc) is 2.90. The number of aliphatic hydroxyl groups excluding tert-OH is 3. The molecule has 34 heavy (non-hydrogen) atoms. The molecule has 0 unspecified atom stereocenters. The molecular weight excluding hydrogens is 424 g/mol. The van der Waals surface area contributed by atoms with Crippen LogP contribution in [0.15, 0.2) is 11.6 Å². The summed E-state index contributed by atoms with van der Waals surface area (Å²) >= 11 is 0. The maximum atomic E-state index is 13.6. The average molecular weight is 473 g/mol. The van der Waals surface area contributed by atoms with Crippen molar-refractivity contribution in [3.05, 3.63) is 11.6 Å². The van der Waals surface area contributed by atoms with Crippen LogP contribution in [0.5, 0.6) is 0 Å². The van der Waals surface area contributed by atoms with Crippen LogP contribution < -0.4 is 0 Å². The third-order valence-electron chi connectivity index (χ3n) is 12.7. The van der Waals surface area contributed by atoms with Crippen molar-refractivity contribution < 1.29 is 20.1 Å². The monoisotopic (exact) mass is 472 g/mol. The first-order chi connectivity index (χ1) is 15.7. The molecule has 4 fully saturated rings. The number of rotatable bonds is 1. The van der Waals surface area contributed by atoms with Crippen LogP contribution in [-0.2, 0) is 4.79 Å². The van der Waals surface area contributed by atoms with Crippen LogP contribution in [0.4, 0.5) is 0 Å². The highest BCUT2D eigenvalue weighted by atomic mass is 16.3. The minimum Gasteiger partial charge on any atom is -0.396 e. The first-order valence-corrected chi connectivity index (χ1v) is 14.0. The first-order valence-electron chi connectivity index (χ1n) is 14.0. The zero-order valence-corrected chi connectivity index (χ0v) is 22.4. The molecule has 5 aliphatic carbocycles. The minimum atomic E-state index is -0.427. The second-order valence-corrected chi connectivity index (χ2v) is 14.8. The number of hydrogen-bond donors (Lipinski definition) is 3. The van der Waals surface area contributed by atoms with E-state index in [2.05, 4.69) is 41.5 Å². The summed E-state index contributed by atoms with van der Waals surface area (Å²) in [5.41, 5.74) is 0.722. The molecule has 0 bridgehead atoms. The minimum absolute atomic E-state index is 0.0529. The maximum absolute atomic E-state index is 13.6. The van der Waals surface area contributed by atoms with Gasteiger partial charge in [0.2, 0.25) is 0 Å². The van der Waals surface area contributed by atoms with Gasteiger partial charge in [0.15, 0.2) is 5.78 Å². The van der Waals surface area contributed by atoms with Crippen LogP contribution in [0.1, 0.15) is 99.3 Å². The molecule has 0 radical (unpaired) electrons. The highest BCUT2D eigenvalue weighted by Gasteiger charge is 2.64. The van der Waals surface area contributed by atoms with Crippen LogP contribution in [0.25, 0.3) is 0 Å². The molecule has 4 heteroatoms. The standard InChI is InChI=1S/C30H48O4/c1-26(2)23(33)10-13-28(4)19-7-8-21-27(3,16-18(19)15-20(32)25(26)28)12-9-22-29(21,5)14-11-24(34)30(22,6)17-31/h15,19,21-25,31,33-34H,7-14,16-17H2,1-6H3/t19-,21-,22+,23-,24-,25-,27-,28+,29+,30+/m0/s1. The Morgan fingerprint density at radius 3 is 2.15 bits per heavy atom. The normalized spacial score (nSPS) is 54.6. The lowest BCUT2D eigenvalue weighted by atomic mass is 9.42. The highest BCUT2D eigenvalue weighted by molar-refractivity contribution is 5.95. The Hall–Kier alpha value is -0.710. The maximum Gasteiger partial charge on any atom is 0.159 e. The van der Waals surface area contributed by atoms with E-state index in [-0.39, 0.29) is 34.6 Å². The summed E-state index contributed by atoms with van der Waals surface area (Å²) in [5.74, 6) is 1.40. The molecule has 0 aromatic rings. The predicted octanol–water partition coefficient (Wildman–Crippen LogP) is 5.29. The largest absolute Gasteiger partial charge is 0.396 e. The molecule has 3 N–H and O–H groups in total.